The topological polar surface area (TPSA) is 58.6 Å². The fraction of sp³-hybridized carbons (Fsp3) is 0.533. The van der Waals surface area contributed by atoms with Crippen molar-refractivity contribution >= 4 is 5.91 Å². The molecule has 0 radical (unpaired) electrons. The zero-order valence-corrected chi connectivity index (χ0v) is 11.9. The Labute approximate surface area is 114 Å². The number of benzene rings is 1. The molecule has 1 rings (SSSR count). The van der Waals surface area contributed by atoms with E-state index in [1.54, 1.807) is 13.0 Å². The van der Waals surface area contributed by atoms with Gasteiger partial charge in [0.2, 0.25) is 0 Å². The van der Waals surface area contributed by atoms with Gasteiger partial charge in [0.1, 0.15) is 5.75 Å². The second-order valence-corrected chi connectivity index (χ2v) is 4.69. The molecular weight excluding hydrogens is 242 g/mol. The van der Waals surface area contributed by atoms with Crippen molar-refractivity contribution in [1.29, 1.82) is 0 Å². The first kappa shape index (κ1) is 15.5. The zero-order chi connectivity index (χ0) is 14.3. The Morgan fingerprint density at radius 3 is 2.79 bits per heavy atom. The van der Waals surface area contributed by atoms with Gasteiger partial charge in [-0.2, -0.15) is 0 Å². The lowest BCUT2D eigenvalue weighted by molar-refractivity contribution is -0.123. The second kappa shape index (κ2) is 7.79. The summed E-state index contributed by atoms with van der Waals surface area (Å²) in [5.41, 5.74) is 1.76. The molecule has 0 saturated heterocycles. The first-order chi connectivity index (χ1) is 9.04. The molecule has 106 valence electrons. The number of aliphatic hydroxyl groups is 1. The summed E-state index contributed by atoms with van der Waals surface area (Å²) in [6.07, 6.45) is 1.54. The highest BCUT2D eigenvalue weighted by Gasteiger charge is 2.07. The number of carbonyl (C=O) groups excluding carboxylic acids is 1. The summed E-state index contributed by atoms with van der Waals surface area (Å²) in [7, 11) is 0. The van der Waals surface area contributed by atoms with Gasteiger partial charge in [-0.05, 0) is 43.5 Å². The van der Waals surface area contributed by atoms with Crippen molar-refractivity contribution in [3.05, 3.63) is 29.3 Å². The molecule has 0 heterocycles. The third-order valence-electron chi connectivity index (χ3n) is 2.89. The summed E-state index contributed by atoms with van der Waals surface area (Å²) in [5, 5.41) is 12.3. The molecule has 19 heavy (non-hydrogen) atoms. The third kappa shape index (κ3) is 5.30. The van der Waals surface area contributed by atoms with Crippen LogP contribution in [0.3, 0.4) is 0 Å². The molecule has 4 nitrogen and oxygen atoms in total. The van der Waals surface area contributed by atoms with Gasteiger partial charge in [-0.1, -0.05) is 19.4 Å². The van der Waals surface area contributed by atoms with Crippen LogP contribution in [0.4, 0.5) is 0 Å². The molecule has 0 spiro atoms. The number of nitrogens with one attached hydrogen (secondary N) is 1. The smallest absolute Gasteiger partial charge is 0.257 e. The van der Waals surface area contributed by atoms with E-state index in [-0.39, 0.29) is 12.5 Å². The summed E-state index contributed by atoms with van der Waals surface area (Å²) in [6, 6.07) is 5.47. The van der Waals surface area contributed by atoms with Crippen molar-refractivity contribution in [3.8, 4) is 5.75 Å². The van der Waals surface area contributed by atoms with Gasteiger partial charge < -0.3 is 15.2 Å². The van der Waals surface area contributed by atoms with E-state index in [9.17, 15) is 9.90 Å². The van der Waals surface area contributed by atoms with Gasteiger partial charge in [0.25, 0.3) is 5.91 Å². The number of rotatable bonds is 7. The lowest BCUT2D eigenvalue weighted by Crippen LogP contribution is -2.29. The van der Waals surface area contributed by atoms with E-state index in [0.29, 0.717) is 12.3 Å². The molecule has 4 heteroatoms. The maximum Gasteiger partial charge on any atom is 0.257 e. The van der Waals surface area contributed by atoms with E-state index >= 15 is 0 Å². The highest BCUT2D eigenvalue weighted by Crippen LogP contribution is 2.22. The monoisotopic (exact) mass is 265 g/mol. The number of aliphatic hydroxyl groups excluding tert-OH is 1. The Morgan fingerprint density at radius 2 is 2.21 bits per heavy atom. The average molecular weight is 265 g/mol. The van der Waals surface area contributed by atoms with Crippen LogP contribution >= 0.6 is 0 Å². The lowest BCUT2D eigenvalue weighted by Gasteiger charge is -2.12. The van der Waals surface area contributed by atoms with Crippen molar-refractivity contribution < 1.29 is 14.6 Å². The standard InChI is InChI=1S/C15H23NO3/c1-4-5-8-16-15(18)10-19-14-7-6-13(12(3)17)9-11(14)2/h6-7,9,12,17H,4-5,8,10H2,1-3H3,(H,16,18)/t12-/m1/s1. The molecule has 0 aliphatic carbocycles. The normalized spacial score (nSPS) is 12.0. The average Bonchev–Trinajstić information content (AvgIpc) is 2.37. The molecule has 1 amide bonds. The van der Waals surface area contributed by atoms with Gasteiger partial charge in [-0.25, -0.2) is 0 Å². The summed E-state index contributed by atoms with van der Waals surface area (Å²) in [6.45, 7) is 6.42. The molecular formula is C15H23NO3. The van der Waals surface area contributed by atoms with Crippen molar-refractivity contribution in [3.63, 3.8) is 0 Å². The predicted octanol–water partition coefficient (Wildman–Crippen LogP) is 2.34. The Kier molecular flexibility index (Phi) is 6.36. The van der Waals surface area contributed by atoms with Crippen molar-refractivity contribution in [1.82, 2.24) is 5.32 Å². The molecule has 1 atom stereocenters. The van der Waals surface area contributed by atoms with Gasteiger partial charge in [0, 0.05) is 6.54 Å². The lowest BCUT2D eigenvalue weighted by atomic mass is 10.1. The Balaban J connectivity index is 2.47. The molecule has 0 fully saturated rings. The second-order valence-electron chi connectivity index (χ2n) is 4.69. The number of hydrogen-bond acceptors (Lipinski definition) is 3. The predicted molar refractivity (Wildman–Crippen MR) is 75.2 cm³/mol. The molecule has 0 aromatic heterocycles. The van der Waals surface area contributed by atoms with E-state index in [1.165, 1.54) is 0 Å². The largest absolute Gasteiger partial charge is 0.484 e. The zero-order valence-electron chi connectivity index (χ0n) is 11.9. The molecule has 2 N–H and O–H groups in total. The Hall–Kier alpha value is -1.55. The van der Waals surface area contributed by atoms with Crippen LogP contribution in [0, 0.1) is 6.92 Å². The molecule has 1 aromatic carbocycles. The highest BCUT2D eigenvalue weighted by atomic mass is 16.5. The molecule has 0 aliphatic heterocycles. The molecule has 0 aliphatic rings. The Bertz CT molecular complexity index is 416. The Morgan fingerprint density at radius 1 is 1.47 bits per heavy atom. The van der Waals surface area contributed by atoms with Gasteiger partial charge in [-0.3, -0.25) is 4.79 Å². The first-order valence-electron chi connectivity index (χ1n) is 6.72. The maximum absolute atomic E-state index is 11.5. The van der Waals surface area contributed by atoms with Crippen LogP contribution in [0.2, 0.25) is 0 Å². The first-order valence-corrected chi connectivity index (χ1v) is 6.72. The van der Waals surface area contributed by atoms with Crippen LogP contribution in [0.15, 0.2) is 18.2 Å². The molecule has 0 unspecified atom stereocenters. The molecule has 0 saturated carbocycles. The molecule has 1 aromatic rings. The van der Waals surface area contributed by atoms with E-state index in [1.807, 2.05) is 19.1 Å². The number of hydrogen-bond donors (Lipinski definition) is 2. The van der Waals surface area contributed by atoms with Crippen LogP contribution in [0.25, 0.3) is 0 Å². The fourth-order valence-electron chi connectivity index (χ4n) is 1.69. The van der Waals surface area contributed by atoms with E-state index in [2.05, 4.69) is 12.2 Å². The van der Waals surface area contributed by atoms with Gasteiger partial charge >= 0.3 is 0 Å². The van der Waals surface area contributed by atoms with Crippen molar-refractivity contribution in [2.24, 2.45) is 0 Å². The van der Waals surface area contributed by atoms with Gasteiger partial charge in [0.05, 0.1) is 6.10 Å². The quantitative estimate of drug-likeness (QED) is 0.744. The number of ether oxygens (including phenoxy) is 1. The van der Waals surface area contributed by atoms with Crippen molar-refractivity contribution in [2.75, 3.05) is 13.2 Å². The van der Waals surface area contributed by atoms with E-state index in [0.717, 1.165) is 24.0 Å². The van der Waals surface area contributed by atoms with Crippen LogP contribution < -0.4 is 10.1 Å². The summed E-state index contributed by atoms with van der Waals surface area (Å²) < 4.78 is 5.47. The minimum absolute atomic E-state index is 0.0264. The van der Waals surface area contributed by atoms with Gasteiger partial charge in [0.15, 0.2) is 6.61 Å². The summed E-state index contributed by atoms with van der Waals surface area (Å²) in [4.78, 5) is 11.5. The van der Waals surface area contributed by atoms with Crippen LogP contribution in [-0.2, 0) is 4.79 Å². The van der Waals surface area contributed by atoms with Crippen LogP contribution in [-0.4, -0.2) is 24.2 Å². The fourth-order valence-corrected chi connectivity index (χ4v) is 1.69. The number of amides is 1. The number of aryl methyl sites for hydroxylation is 1. The minimum atomic E-state index is -0.495. The maximum atomic E-state index is 11.5. The number of unbranched alkanes of at least 4 members (excludes halogenated alkanes) is 1. The van der Waals surface area contributed by atoms with Crippen molar-refractivity contribution in [2.45, 2.75) is 39.7 Å². The van der Waals surface area contributed by atoms with Crippen LogP contribution in [0.5, 0.6) is 5.75 Å². The summed E-state index contributed by atoms with van der Waals surface area (Å²) in [5.74, 6) is 0.572. The van der Waals surface area contributed by atoms with Gasteiger partial charge in [-0.15, -0.1) is 0 Å². The third-order valence-corrected chi connectivity index (χ3v) is 2.89. The SMILES string of the molecule is CCCCNC(=O)COc1ccc([C@@H](C)O)cc1C. The number of carbonyl (C=O) groups is 1. The highest BCUT2D eigenvalue weighted by molar-refractivity contribution is 5.77. The minimum Gasteiger partial charge on any atom is -0.484 e. The van der Waals surface area contributed by atoms with E-state index in [4.69, 9.17) is 4.74 Å². The van der Waals surface area contributed by atoms with E-state index < -0.39 is 6.10 Å². The molecule has 0 bridgehead atoms. The summed E-state index contributed by atoms with van der Waals surface area (Å²) >= 11 is 0. The van der Waals surface area contributed by atoms with Crippen LogP contribution in [0.1, 0.15) is 43.9 Å².